The van der Waals surface area contributed by atoms with Crippen LogP contribution >= 0.6 is 0 Å². The van der Waals surface area contributed by atoms with Crippen molar-refractivity contribution in [2.75, 3.05) is 13.2 Å². The second kappa shape index (κ2) is 7.07. The molecule has 152 valence electrons. The molecule has 1 aliphatic heterocycles. The maximum absolute atomic E-state index is 12.3. The van der Waals surface area contributed by atoms with E-state index in [1.54, 1.807) is 24.3 Å². The summed E-state index contributed by atoms with van der Waals surface area (Å²) in [5.74, 6) is -1.69. The SMILES string of the molecule is Cn1c(=O)c2ccc(C(=O)OCCN3C(=O)c4ccccc4C3=O)nc2n(C)c1=O. The van der Waals surface area contributed by atoms with Crippen molar-refractivity contribution in [1.29, 1.82) is 0 Å². The minimum atomic E-state index is -0.804. The largest absolute Gasteiger partial charge is 0.459 e. The van der Waals surface area contributed by atoms with Crippen molar-refractivity contribution in [2.45, 2.75) is 0 Å². The summed E-state index contributed by atoms with van der Waals surface area (Å²) < 4.78 is 7.25. The molecule has 1 aliphatic rings. The monoisotopic (exact) mass is 408 g/mol. The Balaban J connectivity index is 1.50. The van der Waals surface area contributed by atoms with E-state index >= 15 is 0 Å². The lowest BCUT2D eigenvalue weighted by atomic mass is 10.1. The van der Waals surface area contributed by atoms with Gasteiger partial charge in [0.2, 0.25) is 0 Å². The van der Waals surface area contributed by atoms with E-state index in [-0.39, 0.29) is 29.9 Å². The maximum Gasteiger partial charge on any atom is 0.357 e. The molecular weight excluding hydrogens is 392 g/mol. The van der Waals surface area contributed by atoms with E-state index in [4.69, 9.17) is 4.74 Å². The molecule has 0 radical (unpaired) electrons. The molecule has 3 aromatic rings. The quantitative estimate of drug-likeness (QED) is 0.443. The molecule has 4 rings (SSSR count). The topological polar surface area (TPSA) is 121 Å². The zero-order valence-electron chi connectivity index (χ0n) is 16.1. The highest BCUT2D eigenvalue weighted by Gasteiger charge is 2.34. The number of aryl methyl sites for hydroxylation is 1. The van der Waals surface area contributed by atoms with Gasteiger partial charge in [0.05, 0.1) is 23.1 Å². The summed E-state index contributed by atoms with van der Waals surface area (Å²) in [6.45, 7) is -0.329. The molecule has 30 heavy (non-hydrogen) atoms. The molecule has 2 amide bonds. The predicted octanol–water partition coefficient (Wildman–Crippen LogP) is 0.0852. The van der Waals surface area contributed by atoms with E-state index in [1.165, 1.54) is 26.2 Å². The number of imide groups is 1. The van der Waals surface area contributed by atoms with Crippen molar-refractivity contribution in [1.82, 2.24) is 19.0 Å². The first-order valence-corrected chi connectivity index (χ1v) is 9.00. The van der Waals surface area contributed by atoms with Crippen LogP contribution in [0.3, 0.4) is 0 Å². The summed E-state index contributed by atoms with van der Waals surface area (Å²) in [5.41, 5.74) is -0.520. The van der Waals surface area contributed by atoms with Gasteiger partial charge < -0.3 is 4.74 Å². The van der Waals surface area contributed by atoms with Crippen molar-refractivity contribution in [3.8, 4) is 0 Å². The fraction of sp³-hybridized carbons (Fsp3) is 0.200. The van der Waals surface area contributed by atoms with E-state index < -0.39 is 29.0 Å². The number of pyridine rings is 1. The minimum Gasteiger partial charge on any atom is -0.459 e. The van der Waals surface area contributed by atoms with Gasteiger partial charge in [-0.25, -0.2) is 14.6 Å². The van der Waals surface area contributed by atoms with Gasteiger partial charge in [0.1, 0.15) is 12.3 Å². The molecule has 1 aromatic carbocycles. The molecule has 0 bridgehead atoms. The summed E-state index contributed by atoms with van der Waals surface area (Å²) in [5, 5.41) is 0.183. The van der Waals surface area contributed by atoms with Crippen LogP contribution in [-0.2, 0) is 18.8 Å². The average molecular weight is 408 g/mol. The summed E-state index contributed by atoms with van der Waals surface area (Å²) in [4.78, 5) is 66.3. The van der Waals surface area contributed by atoms with E-state index in [0.717, 1.165) is 14.0 Å². The van der Waals surface area contributed by atoms with Gasteiger partial charge in [-0.2, -0.15) is 0 Å². The van der Waals surface area contributed by atoms with Crippen LogP contribution in [-0.4, -0.2) is 50.0 Å². The summed E-state index contributed by atoms with van der Waals surface area (Å²) in [7, 11) is 2.79. The first-order chi connectivity index (χ1) is 14.3. The molecule has 0 saturated heterocycles. The number of benzene rings is 1. The van der Waals surface area contributed by atoms with Crippen LogP contribution in [0.5, 0.6) is 0 Å². The van der Waals surface area contributed by atoms with E-state index in [1.807, 2.05) is 0 Å². The molecule has 0 atom stereocenters. The molecule has 0 fully saturated rings. The molecule has 0 aliphatic carbocycles. The summed E-state index contributed by atoms with van der Waals surface area (Å²) >= 11 is 0. The first-order valence-electron chi connectivity index (χ1n) is 9.00. The standard InChI is InChI=1S/C20H16N4O6/c1-22-15-13(16(25)23(2)20(22)29)7-8-14(21-15)19(28)30-10-9-24-17(26)11-5-3-4-6-12(11)18(24)27/h3-8H,9-10H2,1-2H3. The Kier molecular flexibility index (Phi) is 4.53. The van der Waals surface area contributed by atoms with Gasteiger partial charge >= 0.3 is 11.7 Å². The lowest BCUT2D eigenvalue weighted by Gasteiger charge is -2.14. The van der Waals surface area contributed by atoms with Gasteiger partial charge in [0.15, 0.2) is 5.69 Å². The van der Waals surface area contributed by atoms with Crippen molar-refractivity contribution in [3.05, 3.63) is 74.1 Å². The van der Waals surface area contributed by atoms with E-state index in [0.29, 0.717) is 11.1 Å². The number of rotatable bonds is 4. The Bertz CT molecular complexity index is 1320. The van der Waals surface area contributed by atoms with Gasteiger partial charge in [0.25, 0.3) is 17.4 Å². The number of nitrogens with zero attached hydrogens (tertiary/aromatic N) is 4. The fourth-order valence-corrected chi connectivity index (χ4v) is 3.31. The van der Waals surface area contributed by atoms with Crippen molar-refractivity contribution < 1.29 is 19.1 Å². The van der Waals surface area contributed by atoms with Crippen LogP contribution in [0.15, 0.2) is 46.0 Å². The summed E-state index contributed by atoms with van der Waals surface area (Å²) in [6.07, 6.45) is 0. The zero-order valence-corrected chi connectivity index (χ0v) is 16.1. The molecule has 0 spiro atoms. The second-order valence-corrected chi connectivity index (χ2v) is 6.72. The first kappa shape index (κ1) is 19.2. The number of carbonyl (C=O) groups is 3. The minimum absolute atomic E-state index is 0.0536. The van der Waals surface area contributed by atoms with Gasteiger partial charge in [-0.15, -0.1) is 0 Å². The Morgan fingerprint density at radius 1 is 0.933 bits per heavy atom. The van der Waals surface area contributed by atoms with Crippen LogP contribution in [0.25, 0.3) is 11.0 Å². The molecule has 0 saturated carbocycles. The van der Waals surface area contributed by atoms with Gasteiger partial charge in [-0.3, -0.25) is 28.4 Å². The Morgan fingerprint density at radius 2 is 1.57 bits per heavy atom. The summed E-state index contributed by atoms with van der Waals surface area (Å²) in [6, 6.07) is 9.17. The highest BCUT2D eigenvalue weighted by Crippen LogP contribution is 2.22. The number of aromatic nitrogens is 3. The van der Waals surface area contributed by atoms with E-state index in [2.05, 4.69) is 4.98 Å². The molecular formula is C20H16N4O6. The third-order valence-electron chi connectivity index (χ3n) is 4.94. The Hall–Kier alpha value is -4.08. The molecule has 3 heterocycles. The molecule has 10 nitrogen and oxygen atoms in total. The Morgan fingerprint density at radius 3 is 2.20 bits per heavy atom. The number of hydrogen-bond acceptors (Lipinski definition) is 7. The number of fused-ring (bicyclic) bond motifs is 2. The molecule has 0 unspecified atom stereocenters. The molecule has 10 heteroatoms. The van der Waals surface area contributed by atoms with Gasteiger partial charge in [0, 0.05) is 14.1 Å². The third kappa shape index (κ3) is 2.89. The van der Waals surface area contributed by atoms with Crippen molar-refractivity contribution >= 4 is 28.8 Å². The lowest BCUT2D eigenvalue weighted by molar-refractivity contribution is 0.0415. The number of hydrogen-bond donors (Lipinski definition) is 0. The predicted molar refractivity (Wildman–Crippen MR) is 104 cm³/mol. The second-order valence-electron chi connectivity index (χ2n) is 6.72. The van der Waals surface area contributed by atoms with Crippen LogP contribution in [0, 0.1) is 0 Å². The molecule has 2 aromatic heterocycles. The third-order valence-corrected chi connectivity index (χ3v) is 4.94. The van der Waals surface area contributed by atoms with E-state index in [9.17, 15) is 24.0 Å². The Labute approximate surface area is 168 Å². The van der Waals surface area contributed by atoms with Crippen LogP contribution in [0.1, 0.15) is 31.2 Å². The zero-order chi connectivity index (χ0) is 21.6. The smallest absolute Gasteiger partial charge is 0.357 e. The van der Waals surface area contributed by atoms with Crippen LogP contribution in [0.2, 0.25) is 0 Å². The van der Waals surface area contributed by atoms with Gasteiger partial charge in [-0.05, 0) is 24.3 Å². The number of esters is 1. The fourth-order valence-electron chi connectivity index (χ4n) is 3.31. The van der Waals surface area contributed by atoms with Crippen LogP contribution < -0.4 is 11.2 Å². The van der Waals surface area contributed by atoms with Gasteiger partial charge in [-0.1, -0.05) is 12.1 Å². The maximum atomic E-state index is 12.3. The highest BCUT2D eigenvalue weighted by atomic mass is 16.5. The number of amides is 2. The van der Waals surface area contributed by atoms with Crippen molar-refractivity contribution in [3.63, 3.8) is 0 Å². The lowest BCUT2D eigenvalue weighted by Crippen LogP contribution is -2.37. The number of ether oxygens (including phenoxy) is 1. The van der Waals surface area contributed by atoms with Crippen LogP contribution in [0.4, 0.5) is 0 Å². The normalized spacial score (nSPS) is 13.1. The average Bonchev–Trinajstić information content (AvgIpc) is 3.00. The van der Waals surface area contributed by atoms with Crippen molar-refractivity contribution in [2.24, 2.45) is 14.1 Å². The highest BCUT2D eigenvalue weighted by molar-refractivity contribution is 6.21. The number of carbonyl (C=O) groups excluding carboxylic acids is 3. The molecule has 0 N–H and O–H groups in total.